The number of carbonyl (C=O) groups is 3. The van der Waals surface area contributed by atoms with Crippen LogP contribution in [0.5, 0.6) is 0 Å². The number of anilines is 1. The van der Waals surface area contributed by atoms with E-state index in [1.54, 1.807) is 24.3 Å². The molecule has 2 rings (SSSR count). The molecule has 1 aromatic rings. The molecule has 0 aromatic heterocycles. The summed E-state index contributed by atoms with van der Waals surface area (Å²) in [6, 6.07) is 6.89. The van der Waals surface area contributed by atoms with Gasteiger partial charge >= 0.3 is 5.97 Å². The molecule has 0 bridgehead atoms. The van der Waals surface area contributed by atoms with Crippen molar-refractivity contribution in [2.75, 3.05) is 18.4 Å². The molecule has 0 atom stereocenters. The molecule has 1 aliphatic heterocycles. The van der Waals surface area contributed by atoms with Crippen LogP contribution in [0.15, 0.2) is 24.3 Å². The Balaban J connectivity index is 1.79. The Morgan fingerprint density at radius 3 is 2.22 bits per heavy atom. The van der Waals surface area contributed by atoms with Crippen LogP contribution in [0.25, 0.3) is 0 Å². The van der Waals surface area contributed by atoms with Crippen LogP contribution in [-0.2, 0) is 9.59 Å². The lowest BCUT2D eigenvalue weighted by Crippen LogP contribution is -2.27. The third-order valence-corrected chi connectivity index (χ3v) is 3.85. The fourth-order valence-corrected chi connectivity index (χ4v) is 2.58. The van der Waals surface area contributed by atoms with Gasteiger partial charge in [0.1, 0.15) is 0 Å². The van der Waals surface area contributed by atoms with Gasteiger partial charge in [-0.3, -0.25) is 14.4 Å². The molecule has 1 aliphatic rings. The van der Waals surface area contributed by atoms with E-state index in [0.717, 1.165) is 25.9 Å². The maximum absolute atomic E-state index is 12.2. The van der Waals surface area contributed by atoms with Crippen molar-refractivity contribution >= 4 is 23.5 Å². The van der Waals surface area contributed by atoms with Crippen molar-refractivity contribution in [1.29, 1.82) is 0 Å². The summed E-state index contributed by atoms with van der Waals surface area (Å²) in [5.41, 5.74) is 1.28. The number of carboxylic acids is 1. The summed E-state index contributed by atoms with van der Waals surface area (Å²) in [5, 5.41) is 11.3. The van der Waals surface area contributed by atoms with E-state index in [9.17, 15) is 14.4 Å². The summed E-state index contributed by atoms with van der Waals surface area (Å²) in [5.74, 6) is -0.952. The van der Waals surface area contributed by atoms with Crippen molar-refractivity contribution in [1.82, 2.24) is 4.90 Å². The first-order valence-corrected chi connectivity index (χ1v) is 7.97. The quantitative estimate of drug-likeness (QED) is 0.756. The molecule has 2 amide bonds. The van der Waals surface area contributed by atoms with Crippen LogP contribution >= 0.6 is 0 Å². The molecule has 0 aliphatic carbocycles. The van der Waals surface area contributed by atoms with E-state index in [2.05, 4.69) is 5.32 Å². The molecule has 0 radical (unpaired) electrons. The predicted molar refractivity (Wildman–Crippen MR) is 86.3 cm³/mol. The van der Waals surface area contributed by atoms with Crippen LogP contribution in [0, 0.1) is 0 Å². The largest absolute Gasteiger partial charge is 0.481 e. The second-order valence-electron chi connectivity index (χ2n) is 5.73. The molecule has 2 N–H and O–H groups in total. The van der Waals surface area contributed by atoms with Gasteiger partial charge in [-0.25, -0.2) is 0 Å². The third kappa shape index (κ3) is 5.39. The van der Waals surface area contributed by atoms with Crippen LogP contribution in [0.4, 0.5) is 5.69 Å². The standard InChI is InChI=1S/C17H22N2O4/c20-15(5-1-2-6-16(21)22)18-14-9-7-13(8-10-14)17(23)19-11-3-4-12-19/h7-10H,1-6,11-12H2,(H,18,20)(H,21,22). The van der Waals surface area contributed by atoms with E-state index in [4.69, 9.17) is 5.11 Å². The minimum absolute atomic E-state index is 0.0362. The highest BCUT2D eigenvalue weighted by Crippen LogP contribution is 2.15. The smallest absolute Gasteiger partial charge is 0.303 e. The van der Waals surface area contributed by atoms with Crippen molar-refractivity contribution < 1.29 is 19.5 Å². The van der Waals surface area contributed by atoms with E-state index < -0.39 is 5.97 Å². The predicted octanol–water partition coefficient (Wildman–Crippen LogP) is 2.51. The number of hydrogen-bond acceptors (Lipinski definition) is 3. The number of carboxylic acid groups (broad SMARTS) is 1. The molecule has 0 saturated carbocycles. The maximum atomic E-state index is 12.2. The molecule has 1 aromatic carbocycles. The Bertz CT molecular complexity index is 562. The van der Waals surface area contributed by atoms with Gasteiger partial charge in [-0.05, 0) is 49.9 Å². The van der Waals surface area contributed by atoms with Crippen molar-refractivity contribution in [3.63, 3.8) is 0 Å². The van der Waals surface area contributed by atoms with Gasteiger partial charge in [-0.2, -0.15) is 0 Å². The number of benzene rings is 1. The molecule has 23 heavy (non-hydrogen) atoms. The molecule has 1 heterocycles. The molecule has 1 fully saturated rings. The van der Waals surface area contributed by atoms with E-state index in [1.807, 2.05) is 4.90 Å². The molecule has 124 valence electrons. The lowest BCUT2D eigenvalue weighted by molar-refractivity contribution is -0.137. The number of rotatable bonds is 7. The van der Waals surface area contributed by atoms with Gasteiger partial charge in [0.2, 0.25) is 5.91 Å². The van der Waals surface area contributed by atoms with E-state index >= 15 is 0 Å². The summed E-state index contributed by atoms with van der Waals surface area (Å²) in [6.45, 7) is 1.63. The number of nitrogens with zero attached hydrogens (tertiary/aromatic N) is 1. The van der Waals surface area contributed by atoms with E-state index in [1.165, 1.54) is 0 Å². The second-order valence-corrected chi connectivity index (χ2v) is 5.73. The minimum atomic E-state index is -0.844. The van der Waals surface area contributed by atoms with Crippen molar-refractivity contribution in [2.24, 2.45) is 0 Å². The Kier molecular flexibility index (Phi) is 6.14. The summed E-state index contributed by atoms with van der Waals surface area (Å²) >= 11 is 0. The molecule has 0 spiro atoms. The van der Waals surface area contributed by atoms with Crippen molar-refractivity contribution in [3.05, 3.63) is 29.8 Å². The fourth-order valence-electron chi connectivity index (χ4n) is 2.58. The van der Waals surface area contributed by atoms with Gasteiger partial charge in [-0.1, -0.05) is 0 Å². The van der Waals surface area contributed by atoms with Gasteiger partial charge < -0.3 is 15.3 Å². The van der Waals surface area contributed by atoms with Crippen LogP contribution in [0.3, 0.4) is 0 Å². The highest BCUT2D eigenvalue weighted by molar-refractivity contribution is 5.96. The van der Waals surface area contributed by atoms with Crippen molar-refractivity contribution in [2.45, 2.75) is 38.5 Å². The molecular weight excluding hydrogens is 296 g/mol. The molecule has 1 saturated heterocycles. The van der Waals surface area contributed by atoms with Gasteiger partial charge in [0.25, 0.3) is 5.91 Å². The number of amides is 2. The zero-order valence-corrected chi connectivity index (χ0v) is 13.1. The second kappa shape index (κ2) is 8.31. The first kappa shape index (κ1) is 17.0. The first-order valence-electron chi connectivity index (χ1n) is 7.97. The van der Waals surface area contributed by atoms with Crippen LogP contribution in [0.2, 0.25) is 0 Å². The Morgan fingerprint density at radius 2 is 1.61 bits per heavy atom. The molecule has 0 unspecified atom stereocenters. The average Bonchev–Trinajstić information content (AvgIpc) is 3.06. The van der Waals surface area contributed by atoms with Gasteiger partial charge in [-0.15, -0.1) is 0 Å². The first-order chi connectivity index (χ1) is 11.1. The summed E-state index contributed by atoms with van der Waals surface area (Å²) < 4.78 is 0. The highest BCUT2D eigenvalue weighted by atomic mass is 16.4. The normalized spacial score (nSPS) is 13.8. The topological polar surface area (TPSA) is 86.7 Å². The van der Waals surface area contributed by atoms with Gasteiger partial charge in [0.15, 0.2) is 0 Å². The number of unbranched alkanes of at least 4 members (excludes halogenated alkanes) is 1. The zero-order chi connectivity index (χ0) is 16.7. The summed E-state index contributed by atoms with van der Waals surface area (Å²) in [6.07, 6.45) is 3.53. The van der Waals surface area contributed by atoms with Crippen LogP contribution in [-0.4, -0.2) is 40.9 Å². The molecule has 6 heteroatoms. The lowest BCUT2D eigenvalue weighted by atomic mass is 10.1. The molecule has 6 nitrogen and oxygen atoms in total. The monoisotopic (exact) mass is 318 g/mol. The average molecular weight is 318 g/mol. The minimum Gasteiger partial charge on any atom is -0.481 e. The lowest BCUT2D eigenvalue weighted by Gasteiger charge is -2.15. The number of likely N-dealkylation sites (tertiary alicyclic amines) is 1. The third-order valence-electron chi connectivity index (χ3n) is 3.85. The Morgan fingerprint density at radius 1 is 1.00 bits per heavy atom. The van der Waals surface area contributed by atoms with Crippen LogP contribution < -0.4 is 5.32 Å². The Labute approximate surface area is 135 Å². The maximum Gasteiger partial charge on any atom is 0.303 e. The zero-order valence-electron chi connectivity index (χ0n) is 13.1. The van der Waals surface area contributed by atoms with E-state index in [0.29, 0.717) is 30.5 Å². The van der Waals surface area contributed by atoms with Gasteiger partial charge in [0, 0.05) is 37.2 Å². The number of aliphatic carboxylic acids is 1. The number of carbonyl (C=O) groups excluding carboxylic acids is 2. The van der Waals surface area contributed by atoms with Gasteiger partial charge in [0.05, 0.1) is 0 Å². The molecular formula is C17H22N2O4. The van der Waals surface area contributed by atoms with Crippen LogP contribution in [0.1, 0.15) is 48.9 Å². The highest BCUT2D eigenvalue weighted by Gasteiger charge is 2.19. The number of nitrogens with one attached hydrogen (secondary N) is 1. The Hall–Kier alpha value is -2.37. The fraction of sp³-hybridized carbons (Fsp3) is 0.471. The van der Waals surface area contributed by atoms with E-state index in [-0.39, 0.29) is 18.2 Å². The number of hydrogen-bond donors (Lipinski definition) is 2. The SMILES string of the molecule is O=C(O)CCCCC(=O)Nc1ccc(C(=O)N2CCCC2)cc1. The summed E-state index contributed by atoms with van der Waals surface area (Å²) in [4.78, 5) is 36.2. The summed E-state index contributed by atoms with van der Waals surface area (Å²) in [7, 11) is 0. The van der Waals surface area contributed by atoms with Crippen molar-refractivity contribution in [3.8, 4) is 0 Å².